The molecule has 0 saturated carbocycles. The van der Waals surface area contributed by atoms with E-state index in [4.69, 9.17) is 15.8 Å². The molecular weight excluding hydrogens is 575 g/mol. The van der Waals surface area contributed by atoms with Crippen molar-refractivity contribution in [3.05, 3.63) is 95.8 Å². The van der Waals surface area contributed by atoms with E-state index in [-0.39, 0.29) is 17.7 Å². The second kappa shape index (κ2) is 12.2. The molecule has 2 saturated heterocycles. The number of aryl methyl sites for hydroxylation is 1. The fourth-order valence-corrected chi connectivity index (χ4v) is 7.54. The molecule has 3 aromatic carbocycles. The number of aromatic nitrogens is 4. The first kappa shape index (κ1) is 28.7. The fraction of sp³-hybridized carbons (Fsp3) is 0.324. The Labute approximate surface area is 269 Å². The molecule has 3 aliphatic rings. The third kappa shape index (κ3) is 5.49. The van der Waals surface area contributed by atoms with Crippen LogP contribution in [0.25, 0.3) is 28.2 Å². The Morgan fingerprint density at radius 2 is 1.57 bits per heavy atom. The van der Waals surface area contributed by atoms with E-state index in [1.54, 1.807) is 4.68 Å². The summed E-state index contributed by atoms with van der Waals surface area (Å²) >= 11 is 0. The number of pyridine rings is 1. The number of fused-ring (bicyclic) bond motifs is 3. The van der Waals surface area contributed by atoms with Crippen molar-refractivity contribution in [2.24, 2.45) is 0 Å². The lowest BCUT2D eigenvalue weighted by Crippen LogP contribution is -2.44. The summed E-state index contributed by atoms with van der Waals surface area (Å²) in [6.07, 6.45) is 7.74. The molecule has 2 aromatic heterocycles. The maximum Gasteiger partial charge on any atom is 0.248 e. The molecule has 2 fully saturated rings. The second-order valence-corrected chi connectivity index (χ2v) is 12.7. The molecule has 9 heteroatoms. The van der Waals surface area contributed by atoms with E-state index in [2.05, 4.69) is 74.7 Å². The van der Waals surface area contributed by atoms with Crippen LogP contribution < -0.4 is 16.0 Å². The number of nitrogens with zero attached hydrogens (tertiary/aromatic N) is 6. The standard InChI is InChI=1S/C37H39FN8/c38-32-23-27(15-16-33(32)45-21-17-28(18-22-45)44-19-6-7-20-44)40-37-42-36(39)46(43-37)34-24-31(26-9-2-1-3-10-26)30-14-8-12-25-11-4-5-13-29(25)35(30)41-34/h1-5,9-11,13,15-16,23-24,28H,6-8,12,14,17-22H2,(H3,39,40,42,43). The number of halogens is 1. The van der Waals surface area contributed by atoms with Gasteiger partial charge in [-0.1, -0.05) is 54.6 Å². The topological polar surface area (TPSA) is 88.1 Å². The van der Waals surface area contributed by atoms with E-state index in [9.17, 15) is 0 Å². The van der Waals surface area contributed by atoms with Gasteiger partial charge in [0, 0.05) is 30.4 Å². The van der Waals surface area contributed by atoms with Gasteiger partial charge in [-0.2, -0.15) is 9.67 Å². The number of rotatable bonds is 6. The Hall–Kier alpha value is -4.76. The molecule has 5 aromatic rings. The molecule has 8 rings (SSSR count). The van der Waals surface area contributed by atoms with Gasteiger partial charge in [0.05, 0.1) is 11.4 Å². The van der Waals surface area contributed by atoms with Crippen molar-refractivity contribution < 1.29 is 4.39 Å². The summed E-state index contributed by atoms with van der Waals surface area (Å²) in [6, 6.07) is 26.8. The van der Waals surface area contributed by atoms with Crippen LogP contribution in [0.5, 0.6) is 0 Å². The molecular formula is C37H39FN8. The highest BCUT2D eigenvalue weighted by molar-refractivity contribution is 5.80. The molecule has 0 bridgehead atoms. The van der Waals surface area contributed by atoms with Crippen molar-refractivity contribution in [2.45, 2.75) is 51.0 Å². The van der Waals surface area contributed by atoms with E-state index < -0.39 is 0 Å². The molecule has 0 radical (unpaired) electrons. The number of nitrogen functional groups attached to an aromatic ring is 1. The van der Waals surface area contributed by atoms with E-state index in [0.29, 0.717) is 23.2 Å². The van der Waals surface area contributed by atoms with Crippen molar-refractivity contribution in [3.63, 3.8) is 0 Å². The van der Waals surface area contributed by atoms with Gasteiger partial charge in [0.1, 0.15) is 5.82 Å². The molecule has 0 amide bonds. The van der Waals surface area contributed by atoms with Gasteiger partial charge < -0.3 is 20.9 Å². The average molecular weight is 615 g/mol. The Morgan fingerprint density at radius 1 is 0.783 bits per heavy atom. The van der Waals surface area contributed by atoms with Crippen LogP contribution in [-0.2, 0) is 12.8 Å². The van der Waals surface area contributed by atoms with Crippen molar-refractivity contribution in [1.82, 2.24) is 24.6 Å². The smallest absolute Gasteiger partial charge is 0.248 e. The third-order valence-corrected chi connectivity index (χ3v) is 9.86. The first-order valence-corrected chi connectivity index (χ1v) is 16.6. The van der Waals surface area contributed by atoms with Crippen LogP contribution in [0, 0.1) is 5.82 Å². The van der Waals surface area contributed by atoms with Gasteiger partial charge >= 0.3 is 0 Å². The van der Waals surface area contributed by atoms with Gasteiger partial charge in [-0.05, 0) is 105 Å². The normalized spacial score (nSPS) is 17.0. The number of piperidine rings is 1. The number of anilines is 4. The van der Waals surface area contributed by atoms with Gasteiger partial charge in [0.15, 0.2) is 5.82 Å². The molecule has 3 N–H and O–H groups in total. The SMILES string of the molecule is Nc1nc(Nc2ccc(N3CCC(N4CCCC4)CC3)c(F)c2)nn1-c1cc(-c2ccccc2)c2c(n1)-c1ccccc1CCC2. The van der Waals surface area contributed by atoms with Crippen LogP contribution in [0.1, 0.15) is 43.2 Å². The van der Waals surface area contributed by atoms with Crippen molar-refractivity contribution in [2.75, 3.05) is 42.1 Å². The monoisotopic (exact) mass is 614 g/mol. The molecule has 4 heterocycles. The molecule has 234 valence electrons. The minimum absolute atomic E-state index is 0.203. The van der Waals surface area contributed by atoms with Gasteiger partial charge in [-0.3, -0.25) is 0 Å². The average Bonchev–Trinajstić information content (AvgIpc) is 3.71. The first-order chi connectivity index (χ1) is 22.6. The summed E-state index contributed by atoms with van der Waals surface area (Å²) in [4.78, 5) is 14.4. The molecule has 8 nitrogen and oxygen atoms in total. The quantitative estimate of drug-likeness (QED) is 0.213. The number of hydrogen-bond donors (Lipinski definition) is 2. The largest absolute Gasteiger partial charge is 0.369 e. The number of nitrogens with two attached hydrogens (primary N) is 1. The number of nitrogens with one attached hydrogen (secondary N) is 1. The summed E-state index contributed by atoms with van der Waals surface area (Å²) in [6.45, 7) is 4.16. The van der Waals surface area contributed by atoms with Crippen LogP contribution in [0.2, 0.25) is 0 Å². The highest BCUT2D eigenvalue weighted by Crippen LogP contribution is 2.38. The van der Waals surface area contributed by atoms with Crippen molar-refractivity contribution >= 4 is 23.3 Å². The fourth-order valence-electron chi connectivity index (χ4n) is 7.54. The molecule has 2 aliphatic heterocycles. The predicted octanol–water partition coefficient (Wildman–Crippen LogP) is 7.01. The van der Waals surface area contributed by atoms with E-state index >= 15 is 4.39 Å². The Morgan fingerprint density at radius 3 is 2.37 bits per heavy atom. The van der Waals surface area contributed by atoms with Crippen LogP contribution in [0.3, 0.4) is 0 Å². The van der Waals surface area contributed by atoms with E-state index in [1.807, 2.05) is 18.2 Å². The molecule has 46 heavy (non-hydrogen) atoms. The highest BCUT2D eigenvalue weighted by Gasteiger charge is 2.28. The Kier molecular flexibility index (Phi) is 7.62. The van der Waals surface area contributed by atoms with Crippen molar-refractivity contribution in [1.29, 1.82) is 0 Å². The van der Waals surface area contributed by atoms with Crippen LogP contribution in [0.15, 0.2) is 78.9 Å². The maximum absolute atomic E-state index is 15.4. The zero-order chi connectivity index (χ0) is 31.0. The lowest BCUT2D eigenvalue weighted by molar-refractivity contribution is 0.207. The number of benzene rings is 3. The summed E-state index contributed by atoms with van der Waals surface area (Å²) in [7, 11) is 0. The number of hydrogen-bond acceptors (Lipinski definition) is 7. The molecule has 0 atom stereocenters. The number of likely N-dealkylation sites (tertiary alicyclic amines) is 1. The Bertz CT molecular complexity index is 1860. The van der Waals surface area contributed by atoms with Crippen LogP contribution >= 0.6 is 0 Å². The molecule has 1 aliphatic carbocycles. The zero-order valence-electron chi connectivity index (χ0n) is 26.0. The van der Waals surface area contributed by atoms with Gasteiger partial charge in [-0.15, -0.1) is 5.10 Å². The minimum Gasteiger partial charge on any atom is -0.369 e. The van der Waals surface area contributed by atoms with Gasteiger partial charge in [0.25, 0.3) is 0 Å². The van der Waals surface area contributed by atoms with Gasteiger partial charge in [0.2, 0.25) is 11.9 Å². The zero-order valence-corrected chi connectivity index (χ0v) is 26.0. The van der Waals surface area contributed by atoms with E-state index in [1.165, 1.54) is 43.1 Å². The summed E-state index contributed by atoms with van der Waals surface area (Å²) in [5.74, 6) is 0.824. The summed E-state index contributed by atoms with van der Waals surface area (Å²) in [5, 5.41) is 7.86. The lowest BCUT2D eigenvalue weighted by atomic mass is 9.94. The van der Waals surface area contributed by atoms with Crippen LogP contribution in [-0.4, -0.2) is 56.9 Å². The maximum atomic E-state index is 15.4. The summed E-state index contributed by atoms with van der Waals surface area (Å²) in [5.41, 5.74) is 14.5. The predicted molar refractivity (Wildman–Crippen MR) is 182 cm³/mol. The molecule has 0 unspecified atom stereocenters. The van der Waals surface area contributed by atoms with Crippen LogP contribution in [0.4, 0.5) is 27.7 Å². The Balaban J connectivity index is 1.07. The highest BCUT2D eigenvalue weighted by atomic mass is 19.1. The summed E-state index contributed by atoms with van der Waals surface area (Å²) < 4.78 is 17.0. The third-order valence-electron chi connectivity index (χ3n) is 9.86. The second-order valence-electron chi connectivity index (χ2n) is 12.7. The van der Waals surface area contributed by atoms with Crippen molar-refractivity contribution in [3.8, 4) is 28.2 Å². The molecule has 0 spiro atoms. The lowest BCUT2D eigenvalue weighted by Gasteiger charge is -2.37. The van der Waals surface area contributed by atoms with E-state index in [0.717, 1.165) is 67.6 Å². The minimum atomic E-state index is -0.254. The van der Waals surface area contributed by atoms with Gasteiger partial charge in [-0.25, -0.2) is 9.37 Å². The first-order valence-electron chi connectivity index (χ1n) is 16.6.